The Morgan fingerprint density at radius 3 is 2.78 bits per heavy atom. The maximum Gasteiger partial charge on any atom is 0.149 e. The standard InChI is InChI=1S/C14H13F2NO/c1-8-7-9(12-3-2-6-18-12)13-10(15)4-5-11(16)14(13)17-8/h4-5,7,12H,2-3,6H2,1H3. The molecular formula is C14H13F2NO. The molecule has 1 aliphatic rings. The molecule has 94 valence electrons. The third-order valence-corrected chi connectivity index (χ3v) is 3.30. The molecule has 0 aliphatic carbocycles. The molecule has 1 unspecified atom stereocenters. The van der Waals surface area contributed by atoms with E-state index >= 15 is 0 Å². The van der Waals surface area contributed by atoms with E-state index in [4.69, 9.17) is 4.74 Å². The predicted octanol–water partition coefficient (Wildman–Crippen LogP) is 3.67. The number of aromatic nitrogens is 1. The molecule has 1 atom stereocenters. The van der Waals surface area contributed by atoms with Crippen molar-refractivity contribution in [1.82, 2.24) is 4.98 Å². The zero-order valence-corrected chi connectivity index (χ0v) is 10.0. The summed E-state index contributed by atoms with van der Waals surface area (Å²) in [6, 6.07) is 4.05. The minimum atomic E-state index is -0.491. The summed E-state index contributed by atoms with van der Waals surface area (Å²) in [5.41, 5.74) is 1.49. The lowest BCUT2D eigenvalue weighted by Gasteiger charge is -2.14. The van der Waals surface area contributed by atoms with Crippen molar-refractivity contribution in [3.05, 3.63) is 41.1 Å². The van der Waals surface area contributed by atoms with Crippen LogP contribution in [0.2, 0.25) is 0 Å². The molecule has 0 bridgehead atoms. The quantitative estimate of drug-likeness (QED) is 0.769. The van der Waals surface area contributed by atoms with Gasteiger partial charge in [0, 0.05) is 17.7 Å². The molecule has 1 aromatic heterocycles. The molecule has 1 aromatic carbocycles. The van der Waals surface area contributed by atoms with E-state index in [0.29, 0.717) is 17.9 Å². The van der Waals surface area contributed by atoms with Gasteiger partial charge >= 0.3 is 0 Å². The van der Waals surface area contributed by atoms with Crippen molar-refractivity contribution in [3.63, 3.8) is 0 Å². The van der Waals surface area contributed by atoms with E-state index in [9.17, 15) is 8.78 Å². The summed E-state index contributed by atoms with van der Waals surface area (Å²) in [5.74, 6) is -0.932. The zero-order valence-electron chi connectivity index (χ0n) is 10.0. The molecule has 0 radical (unpaired) electrons. The molecule has 3 rings (SSSR count). The van der Waals surface area contributed by atoms with Gasteiger partial charge in [0.15, 0.2) is 0 Å². The van der Waals surface area contributed by atoms with Crippen LogP contribution >= 0.6 is 0 Å². The number of nitrogens with zero attached hydrogens (tertiary/aromatic N) is 1. The zero-order chi connectivity index (χ0) is 12.7. The van der Waals surface area contributed by atoms with Crippen LogP contribution in [0, 0.1) is 18.6 Å². The minimum absolute atomic E-state index is 0.0977. The molecule has 1 fully saturated rings. The van der Waals surface area contributed by atoms with Gasteiger partial charge in [-0.15, -0.1) is 0 Å². The lowest BCUT2D eigenvalue weighted by atomic mass is 10.0. The predicted molar refractivity (Wildman–Crippen MR) is 64.3 cm³/mol. The molecule has 1 aliphatic heterocycles. The first-order chi connectivity index (χ1) is 8.66. The fourth-order valence-electron chi connectivity index (χ4n) is 2.51. The number of ether oxygens (including phenoxy) is 1. The van der Waals surface area contributed by atoms with Crippen molar-refractivity contribution in [2.45, 2.75) is 25.9 Å². The summed E-state index contributed by atoms with van der Waals surface area (Å²) >= 11 is 0. The second-order valence-corrected chi connectivity index (χ2v) is 4.61. The fraction of sp³-hybridized carbons (Fsp3) is 0.357. The molecule has 18 heavy (non-hydrogen) atoms. The first-order valence-electron chi connectivity index (χ1n) is 6.03. The lowest BCUT2D eigenvalue weighted by molar-refractivity contribution is 0.113. The third kappa shape index (κ3) is 1.77. The van der Waals surface area contributed by atoms with Crippen molar-refractivity contribution in [1.29, 1.82) is 0 Å². The highest BCUT2D eigenvalue weighted by Gasteiger charge is 2.23. The number of hydrogen-bond donors (Lipinski definition) is 0. The maximum absolute atomic E-state index is 13.9. The molecule has 0 amide bonds. The monoisotopic (exact) mass is 249 g/mol. The molecule has 2 heterocycles. The van der Waals surface area contributed by atoms with Crippen molar-refractivity contribution >= 4 is 10.9 Å². The number of aryl methyl sites for hydroxylation is 1. The van der Waals surface area contributed by atoms with Crippen molar-refractivity contribution in [3.8, 4) is 0 Å². The first kappa shape index (κ1) is 11.5. The van der Waals surface area contributed by atoms with E-state index in [1.807, 2.05) is 0 Å². The highest BCUT2D eigenvalue weighted by Crippen LogP contribution is 2.35. The topological polar surface area (TPSA) is 22.1 Å². The van der Waals surface area contributed by atoms with Crippen molar-refractivity contribution in [2.24, 2.45) is 0 Å². The molecule has 1 saturated heterocycles. The summed E-state index contributed by atoms with van der Waals surface area (Å²) < 4.78 is 33.3. The number of benzene rings is 1. The van der Waals surface area contributed by atoms with Gasteiger partial charge in [-0.05, 0) is 43.5 Å². The molecule has 0 saturated carbocycles. The Balaban J connectivity index is 2.32. The van der Waals surface area contributed by atoms with Crippen LogP contribution in [-0.4, -0.2) is 11.6 Å². The fourth-order valence-corrected chi connectivity index (χ4v) is 2.51. The van der Waals surface area contributed by atoms with Crippen LogP contribution in [-0.2, 0) is 4.74 Å². The van der Waals surface area contributed by atoms with Gasteiger partial charge < -0.3 is 4.74 Å². The third-order valence-electron chi connectivity index (χ3n) is 3.30. The van der Waals surface area contributed by atoms with E-state index in [0.717, 1.165) is 25.0 Å². The highest BCUT2D eigenvalue weighted by atomic mass is 19.1. The SMILES string of the molecule is Cc1cc(C2CCCO2)c2c(F)ccc(F)c2n1. The Labute approximate surface area is 104 Å². The first-order valence-corrected chi connectivity index (χ1v) is 6.03. The molecule has 2 nitrogen and oxygen atoms in total. The van der Waals surface area contributed by atoms with Gasteiger partial charge in [-0.2, -0.15) is 0 Å². The van der Waals surface area contributed by atoms with Crippen LogP contribution in [0.4, 0.5) is 8.78 Å². The van der Waals surface area contributed by atoms with Crippen LogP contribution in [0.25, 0.3) is 10.9 Å². The average molecular weight is 249 g/mol. The van der Waals surface area contributed by atoms with Gasteiger partial charge in [-0.1, -0.05) is 0 Å². The van der Waals surface area contributed by atoms with Gasteiger partial charge in [0.2, 0.25) is 0 Å². The second kappa shape index (κ2) is 4.28. The Bertz CT molecular complexity index is 606. The average Bonchev–Trinajstić information content (AvgIpc) is 2.86. The van der Waals surface area contributed by atoms with Gasteiger partial charge in [-0.3, -0.25) is 0 Å². The molecule has 4 heteroatoms. The number of fused-ring (bicyclic) bond motifs is 1. The van der Waals surface area contributed by atoms with E-state index in [2.05, 4.69) is 4.98 Å². The van der Waals surface area contributed by atoms with Crippen LogP contribution < -0.4 is 0 Å². The Morgan fingerprint density at radius 2 is 2.06 bits per heavy atom. The lowest BCUT2D eigenvalue weighted by Crippen LogP contribution is -2.02. The van der Waals surface area contributed by atoms with E-state index in [1.54, 1.807) is 13.0 Å². The van der Waals surface area contributed by atoms with E-state index < -0.39 is 11.6 Å². The van der Waals surface area contributed by atoms with E-state index in [-0.39, 0.29) is 17.0 Å². The molecule has 0 spiro atoms. The molecule has 2 aromatic rings. The number of halogens is 2. The summed E-state index contributed by atoms with van der Waals surface area (Å²) in [4.78, 5) is 4.10. The number of rotatable bonds is 1. The summed E-state index contributed by atoms with van der Waals surface area (Å²) in [7, 11) is 0. The largest absolute Gasteiger partial charge is 0.374 e. The smallest absolute Gasteiger partial charge is 0.149 e. The van der Waals surface area contributed by atoms with Crippen molar-refractivity contribution < 1.29 is 13.5 Å². The van der Waals surface area contributed by atoms with E-state index in [1.165, 1.54) is 0 Å². The van der Waals surface area contributed by atoms with Crippen LogP contribution in [0.3, 0.4) is 0 Å². The Hall–Kier alpha value is -1.55. The van der Waals surface area contributed by atoms with Crippen LogP contribution in [0.5, 0.6) is 0 Å². The highest BCUT2D eigenvalue weighted by molar-refractivity contribution is 5.84. The second-order valence-electron chi connectivity index (χ2n) is 4.61. The number of pyridine rings is 1. The Morgan fingerprint density at radius 1 is 1.28 bits per heavy atom. The van der Waals surface area contributed by atoms with Gasteiger partial charge in [0.05, 0.1) is 6.10 Å². The molecular weight excluding hydrogens is 236 g/mol. The van der Waals surface area contributed by atoms with Gasteiger partial charge in [0.25, 0.3) is 0 Å². The van der Waals surface area contributed by atoms with Crippen LogP contribution in [0.1, 0.15) is 30.2 Å². The maximum atomic E-state index is 13.9. The summed E-state index contributed by atoms with van der Waals surface area (Å²) in [6.45, 7) is 2.45. The normalized spacial score (nSPS) is 19.6. The minimum Gasteiger partial charge on any atom is -0.374 e. The summed E-state index contributed by atoms with van der Waals surface area (Å²) in [5, 5.41) is 0.257. The van der Waals surface area contributed by atoms with Crippen LogP contribution in [0.15, 0.2) is 18.2 Å². The number of hydrogen-bond acceptors (Lipinski definition) is 2. The molecule has 0 N–H and O–H groups in total. The van der Waals surface area contributed by atoms with Gasteiger partial charge in [-0.25, -0.2) is 13.8 Å². The van der Waals surface area contributed by atoms with Gasteiger partial charge in [0.1, 0.15) is 17.2 Å². The van der Waals surface area contributed by atoms with Crippen molar-refractivity contribution in [2.75, 3.05) is 6.61 Å². The Kier molecular flexibility index (Phi) is 2.74. The summed E-state index contributed by atoms with van der Waals surface area (Å²) in [6.07, 6.45) is 1.64.